The lowest BCUT2D eigenvalue weighted by Gasteiger charge is -2.21. The van der Waals surface area contributed by atoms with E-state index in [0.717, 1.165) is 26.1 Å². The molecule has 0 radical (unpaired) electrons. The number of ether oxygens (including phenoxy) is 2. The van der Waals surface area contributed by atoms with Crippen LogP contribution in [0.4, 0.5) is 0 Å². The Hall–Kier alpha value is -0.460. The molecule has 1 N–H and O–H groups in total. The minimum atomic E-state index is -3.71. The minimum absolute atomic E-state index is 0.118. The molecule has 220 valence electrons. The van der Waals surface area contributed by atoms with Crippen LogP contribution in [-0.4, -0.2) is 67.5 Å². The lowest BCUT2D eigenvalue weighted by atomic mass is 10.0. The average molecular weight is 548 g/mol. The van der Waals surface area contributed by atoms with E-state index in [0.29, 0.717) is 18.9 Å². The van der Waals surface area contributed by atoms with Crippen LogP contribution < -0.4 is 0 Å². The molecule has 0 bridgehead atoms. The first-order valence-corrected chi connectivity index (χ1v) is 17.0. The number of carbonyl (C=O) groups is 1. The Balaban J connectivity index is 2.08. The minimum Gasteiger partial charge on any atom is -0.458 e. The smallest absolute Gasteiger partial charge is 0.328 e. The van der Waals surface area contributed by atoms with Gasteiger partial charge in [-0.1, -0.05) is 90.9 Å². The van der Waals surface area contributed by atoms with E-state index in [-0.39, 0.29) is 19.4 Å². The number of esters is 1. The average Bonchev–Trinajstić information content (AvgIpc) is 3.36. The molecule has 8 heteroatoms. The van der Waals surface area contributed by atoms with E-state index >= 15 is 0 Å². The van der Waals surface area contributed by atoms with Crippen LogP contribution >= 0.6 is 7.60 Å². The maximum absolute atomic E-state index is 12.4. The Morgan fingerprint density at radius 2 is 1.43 bits per heavy atom. The van der Waals surface area contributed by atoms with Gasteiger partial charge in [-0.3, -0.25) is 9.36 Å². The molecule has 3 unspecified atom stereocenters. The summed E-state index contributed by atoms with van der Waals surface area (Å²) in [6.45, 7) is 9.38. The lowest BCUT2D eigenvalue weighted by molar-refractivity contribution is -0.151. The van der Waals surface area contributed by atoms with Crippen LogP contribution in [0.5, 0.6) is 0 Å². The van der Waals surface area contributed by atoms with Crippen LogP contribution in [0.25, 0.3) is 0 Å². The highest BCUT2D eigenvalue weighted by Gasteiger charge is 2.24. The molecule has 1 fully saturated rings. The predicted molar refractivity (Wildman–Crippen MR) is 152 cm³/mol. The van der Waals surface area contributed by atoms with Gasteiger partial charge in [0.15, 0.2) is 0 Å². The van der Waals surface area contributed by atoms with Gasteiger partial charge in [-0.15, -0.1) is 0 Å². The fourth-order valence-corrected chi connectivity index (χ4v) is 6.00. The second-order valence-electron chi connectivity index (χ2n) is 11.1. The molecule has 1 rings (SSSR count). The van der Waals surface area contributed by atoms with E-state index in [2.05, 4.69) is 18.7 Å². The molecule has 37 heavy (non-hydrogen) atoms. The van der Waals surface area contributed by atoms with Crippen molar-refractivity contribution in [1.82, 2.24) is 4.90 Å². The number of rotatable bonds is 25. The van der Waals surface area contributed by atoms with Gasteiger partial charge in [-0.05, 0) is 51.2 Å². The van der Waals surface area contributed by atoms with Gasteiger partial charge in [-0.25, -0.2) is 0 Å². The summed E-state index contributed by atoms with van der Waals surface area (Å²) in [5.41, 5.74) is 0. The molecular weight excluding hydrogens is 489 g/mol. The molecule has 3 atom stereocenters. The van der Waals surface area contributed by atoms with Crippen LogP contribution in [0.2, 0.25) is 0 Å². The molecule has 0 spiro atoms. The third kappa shape index (κ3) is 21.1. The van der Waals surface area contributed by atoms with E-state index in [1.807, 2.05) is 0 Å². The van der Waals surface area contributed by atoms with E-state index in [1.165, 1.54) is 96.8 Å². The summed E-state index contributed by atoms with van der Waals surface area (Å²) in [5.74, 6) is -0.0138. The first-order valence-electron chi connectivity index (χ1n) is 15.3. The largest absolute Gasteiger partial charge is 0.458 e. The Bertz CT molecular complexity index is 599. The molecule has 1 heterocycles. The number of hydrogen-bond acceptors (Lipinski definition) is 6. The number of hydrogen-bond donors (Lipinski definition) is 1. The van der Waals surface area contributed by atoms with E-state index < -0.39 is 19.7 Å². The molecule has 0 aromatic heterocycles. The first-order chi connectivity index (χ1) is 17.8. The molecule has 0 saturated carbocycles. The van der Waals surface area contributed by atoms with E-state index in [1.54, 1.807) is 0 Å². The van der Waals surface area contributed by atoms with Crippen molar-refractivity contribution in [3.8, 4) is 0 Å². The second-order valence-corrected chi connectivity index (χ2v) is 13.1. The summed E-state index contributed by atoms with van der Waals surface area (Å²) in [6.07, 6.45) is 19.8. The Labute approximate surface area is 227 Å². The van der Waals surface area contributed by atoms with Gasteiger partial charge in [0.05, 0.1) is 19.4 Å². The van der Waals surface area contributed by atoms with Gasteiger partial charge in [0.25, 0.3) is 0 Å². The van der Waals surface area contributed by atoms with Crippen molar-refractivity contribution in [2.45, 2.75) is 130 Å². The van der Waals surface area contributed by atoms with Gasteiger partial charge >= 0.3 is 13.6 Å². The highest BCUT2D eigenvalue weighted by molar-refractivity contribution is 7.52. The molecule has 1 aliphatic heterocycles. The number of unbranched alkanes of at least 4 members (excludes halogenated alkanes) is 11. The zero-order chi connectivity index (χ0) is 27.2. The Kier molecular flexibility index (Phi) is 20.9. The monoisotopic (exact) mass is 547 g/mol. The van der Waals surface area contributed by atoms with Crippen LogP contribution in [0, 0.1) is 5.92 Å². The van der Waals surface area contributed by atoms with Gasteiger partial charge in [0.1, 0.15) is 6.10 Å². The van der Waals surface area contributed by atoms with Crippen molar-refractivity contribution in [3.63, 3.8) is 0 Å². The highest BCUT2D eigenvalue weighted by atomic mass is 31.2. The molecule has 0 aliphatic carbocycles. The lowest BCUT2D eigenvalue weighted by Crippen LogP contribution is -2.28. The van der Waals surface area contributed by atoms with Crippen LogP contribution in [0.1, 0.15) is 124 Å². The van der Waals surface area contributed by atoms with Crippen LogP contribution in [0.3, 0.4) is 0 Å². The third-order valence-electron chi connectivity index (χ3n) is 7.17. The number of likely N-dealkylation sites (tertiary alicyclic amines) is 1. The fourth-order valence-electron chi connectivity index (χ4n) is 4.93. The highest BCUT2D eigenvalue weighted by Crippen LogP contribution is 2.42. The summed E-state index contributed by atoms with van der Waals surface area (Å²) in [7, 11) is -3.71. The number of carbonyl (C=O) groups excluding carboxylic acids is 1. The standard InChI is InChI=1S/C29H58NO6P/c1-4-5-6-7-8-9-10-11-12-13-14-15-19-27(2)24-34-25-29(36-28(3)31)26-35-37(32,33)23-18-22-30-20-16-17-21-30/h27,29H,4-26H2,1-3H3,(H,32,33). The van der Waals surface area contributed by atoms with Crippen molar-refractivity contribution >= 4 is 13.6 Å². The SMILES string of the molecule is CCCCCCCCCCCCCCC(C)COCC(COP(=O)(O)CCCN1CCCC1)OC(C)=O. The zero-order valence-electron chi connectivity index (χ0n) is 24.3. The van der Waals surface area contributed by atoms with Crippen LogP contribution in [-0.2, 0) is 23.4 Å². The third-order valence-corrected chi connectivity index (χ3v) is 8.60. The molecule has 0 aromatic rings. The topological polar surface area (TPSA) is 85.3 Å². The van der Waals surface area contributed by atoms with Gasteiger partial charge in [0.2, 0.25) is 0 Å². The molecule has 0 aromatic carbocycles. The van der Waals surface area contributed by atoms with Gasteiger partial charge in [0, 0.05) is 13.5 Å². The summed E-state index contributed by atoms with van der Waals surface area (Å²) in [4.78, 5) is 23.9. The van der Waals surface area contributed by atoms with Crippen molar-refractivity contribution in [2.75, 3.05) is 45.6 Å². The summed E-state index contributed by atoms with van der Waals surface area (Å²) in [6, 6.07) is 0. The molecule has 1 saturated heterocycles. The van der Waals surface area contributed by atoms with Crippen molar-refractivity contribution in [1.29, 1.82) is 0 Å². The maximum atomic E-state index is 12.4. The first kappa shape index (κ1) is 34.6. The van der Waals surface area contributed by atoms with E-state index in [9.17, 15) is 14.3 Å². The molecular formula is C29H58NO6P. The number of nitrogens with zero attached hydrogens (tertiary/aromatic N) is 1. The summed E-state index contributed by atoms with van der Waals surface area (Å²) >= 11 is 0. The Morgan fingerprint density at radius 3 is 2.00 bits per heavy atom. The molecule has 7 nitrogen and oxygen atoms in total. The van der Waals surface area contributed by atoms with E-state index in [4.69, 9.17) is 14.0 Å². The molecule has 1 aliphatic rings. The van der Waals surface area contributed by atoms with Crippen molar-refractivity contribution in [2.24, 2.45) is 5.92 Å². The molecule has 0 amide bonds. The fraction of sp³-hybridized carbons (Fsp3) is 0.966. The zero-order valence-corrected chi connectivity index (χ0v) is 25.2. The quantitative estimate of drug-likeness (QED) is 0.0726. The normalized spacial score (nSPS) is 17.5. The maximum Gasteiger partial charge on any atom is 0.328 e. The van der Waals surface area contributed by atoms with Crippen molar-refractivity contribution in [3.05, 3.63) is 0 Å². The van der Waals surface area contributed by atoms with Gasteiger partial charge < -0.3 is 23.8 Å². The van der Waals surface area contributed by atoms with Gasteiger partial charge in [-0.2, -0.15) is 0 Å². The van der Waals surface area contributed by atoms with Crippen molar-refractivity contribution < 1.29 is 28.3 Å². The summed E-state index contributed by atoms with van der Waals surface area (Å²) in [5, 5.41) is 0. The van der Waals surface area contributed by atoms with Crippen LogP contribution in [0.15, 0.2) is 0 Å². The second kappa shape index (κ2) is 22.4. The summed E-state index contributed by atoms with van der Waals surface area (Å²) < 4.78 is 28.7. The predicted octanol–water partition coefficient (Wildman–Crippen LogP) is 7.35. The Morgan fingerprint density at radius 1 is 0.865 bits per heavy atom.